The van der Waals surface area contributed by atoms with Crippen molar-refractivity contribution in [1.29, 1.82) is 5.26 Å². The van der Waals surface area contributed by atoms with Gasteiger partial charge in [-0.2, -0.15) is 5.26 Å². The summed E-state index contributed by atoms with van der Waals surface area (Å²) >= 11 is 0. The van der Waals surface area contributed by atoms with Gasteiger partial charge in [0.1, 0.15) is 0 Å². The van der Waals surface area contributed by atoms with Gasteiger partial charge in [-0.25, -0.2) is 29.9 Å². The van der Waals surface area contributed by atoms with E-state index in [0.717, 1.165) is 62.3 Å². The topological polar surface area (TPSA) is 101 Å². The highest BCUT2D eigenvalue weighted by molar-refractivity contribution is 5.74. The molecule has 0 spiro atoms. The zero-order chi connectivity index (χ0) is 37.9. The predicted molar refractivity (Wildman–Crippen MR) is 222 cm³/mol. The van der Waals surface area contributed by atoms with Gasteiger partial charge in [0.15, 0.2) is 34.9 Å². The van der Waals surface area contributed by atoms with Gasteiger partial charge in [0, 0.05) is 33.4 Å². The summed E-state index contributed by atoms with van der Waals surface area (Å²) in [6.45, 7) is 0. The number of hydrogen-bond donors (Lipinski definition) is 0. The third kappa shape index (κ3) is 5.72. The van der Waals surface area contributed by atoms with Crippen molar-refractivity contribution >= 4 is 0 Å². The van der Waals surface area contributed by atoms with Crippen LogP contribution in [0.1, 0.15) is 30.4 Å². The van der Waals surface area contributed by atoms with Gasteiger partial charge in [0.2, 0.25) is 0 Å². The minimum Gasteiger partial charge on any atom is -0.208 e. The zero-order valence-electron chi connectivity index (χ0n) is 31.0. The minimum atomic E-state index is 0.413. The zero-order valence-corrected chi connectivity index (χ0v) is 31.0. The first-order chi connectivity index (χ1) is 28.1. The quantitative estimate of drug-likeness (QED) is 0.153. The largest absolute Gasteiger partial charge is 0.208 e. The lowest BCUT2D eigenvalue weighted by Crippen LogP contribution is -2.71. The summed E-state index contributed by atoms with van der Waals surface area (Å²) < 4.78 is 0. The highest BCUT2D eigenvalue weighted by Gasteiger charge is 2.71. The number of nitrogens with zero attached hydrogens (tertiary/aromatic N) is 7. The second-order valence-corrected chi connectivity index (χ2v) is 15.6. The Balaban J connectivity index is 0.975. The summed E-state index contributed by atoms with van der Waals surface area (Å²) in [5, 5.41) is 9.42. The van der Waals surface area contributed by atoms with E-state index in [2.05, 4.69) is 30.3 Å². The number of nitriles is 1. The van der Waals surface area contributed by atoms with Gasteiger partial charge in [-0.05, 0) is 77.3 Å². The summed E-state index contributed by atoms with van der Waals surface area (Å²) in [5.74, 6) is 6.36. The van der Waals surface area contributed by atoms with E-state index in [4.69, 9.17) is 29.9 Å². The molecule has 270 valence electrons. The summed E-state index contributed by atoms with van der Waals surface area (Å²) in [4.78, 5) is 30.1. The van der Waals surface area contributed by atoms with Crippen molar-refractivity contribution < 1.29 is 0 Å². The summed E-state index contributed by atoms with van der Waals surface area (Å²) in [5.41, 5.74) is 9.80. The lowest BCUT2D eigenvalue weighted by Gasteiger charge is -2.76. The Kier molecular flexibility index (Phi) is 7.71. The van der Waals surface area contributed by atoms with E-state index in [0.29, 0.717) is 45.9 Å². The molecule has 7 nitrogen and oxygen atoms in total. The Morgan fingerprint density at radius 1 is 0.404 bits per heavy atom. The Morgan fingerprint density at radius 3 is 1.28 bits per heavy atom. The smallest absolute Gasteiger partial charge is 0.164 e. The average molecular weight is 734 g/mol. The van der Waals surface area contributed by atoms with Gasteiger partial charge >= 0.3 is 0 Å². The average Bonchev–Trinajstić information content (AvgIpc) is 3.29. The first-order valence-corrected chi connectivity index (χ1v) is 19.6. The number of rotatable bonds is 8. The molecular weight excluding hydrogens is 699 g/mol. The summed E-state index contributed by atoms with van der Waals surface area (Å²) in [6, 6.07) is 55.1. The fourth-order valence-electron chi connectivity index (χ4n) is 9.62. The third-order valence-corrected chi connectivity index (χ3v) is 12.4. The van der Waals surface area contributed by atoms with Crippen LogP contribution in [0.2, 0.25) is 0 Å². The van der Waals surface area contributed by atoms with Gasteiger partial charge in [-0.3, -0.25) is 0 Å². The Morgan fingerprint density at radius 2 is 0.807 bits per heavy atom. The first-order valence-electron chi connectivity index (χ1n) is 19.6. The molecule has 3 saturated carbocycles. The molecule has 3 aliphatic carbocycles. The second-order valence-electron chi connectivity index (χ2n) is 15.6. The molecule has 7 heteroatoms. The van der Waals surface area contributed by atoms with Crippen LogP contribution in [0.15, 0.2) is 158 Å². The molecule has 6 aromatic carbocycles. The van der Waals surface area contributed by atoms with Crippen LogP contribution in [0.4, 0.5) is 0 Å². The van der Waals surface area contributed by atoms with Crippen LogP contribution in [0, 0.1) is 29.1 Å². The van der Waals surface area contributed by atoms with Crippen molar-refractivity contribution in [2.24, 2.45) is 17.8 Å². The molecule has 3 aliphatic rings. The van der Waals surface area contributed by atoms with Crippen LogP contribution in [0.5, 0.6) is 0 Å². The van der Waals surface area contributed by atoms with Gasteiger partial charge in [0.25, 0.3) is 0 Å². The van der Waals surface area contributed by atoms with Crippen LogP contribution in [0.25, 0.3) is 79.5 Å². The molecule has 11 rings (SSSR count). The third-order valence-electron chi connectivity index (χ3n) is 12.4. The standard InChI is InChI=1S/C50H35N7/c51-30-31-9-7-14-37(25-31)32-17-19-35(20-18-32)46-52-44(33-10-3-1-4-11-33)54-48(56-46)38-15-8-16-39(26-38)49-55-45(34-12-5-2-6-13-34)53-47(57-49)36-21-23-42(24-22-36)50-28-40-27-41(29-50)43(40)50/h1-26,40-41,43H,27-29H2. The fourth-order valence-corrected chi connectivity index (χ4v) is 9.62. The highest BCUT2D eigenvalue weighted by atomic mass is 15.0. The first kappa shape index (κ1) is 33.2. The van der Waals surface area contributed by atoms with Gasteiger partial charge in [-0.15, -0.1) is 0 Å². The molecule has 2 atom stereocenters. The van der Waals surface area contributed by atoms with E-state index in [1.165, 1.54) is 24.8 Å². The van der Waals surface area contributed by atoms with Crippen molar-refractivity contribution in [2.45, 2.75) is 24.7 Å². The monoisotopic (exact) mass is 733 g/mol. The van der Waals surface area contributed by atoms with E-state index >= 15 is 0 Å². The van der Waals surface area contributed by atoms with E-state index in [9.17, 15) is 5.26 Å². The van der Waals surface area contributed by atoms with Crippen molar-refractivity contribution in [3.63, 3.8) is 0 Å². The fraction of sp³-hybridized carbons (Fsp3) is 0.140. The molecule has 0 amide bonds. The van der Waals surface area contributed by atoms with Crippen molar-refractivity contribution in [3.05, 3.63) is 169 Å². The predicted octanol–water partition coefficient (Wildman–Crippen LogP) is 10.9. The summed E-state index contributed by atoms with van der Waals surface area (Å²) in [6.07, 6.45) is 4.14. The number of aromatic nitrogens is 6. The van der Waals surface area contributed by atoms with Gasteiger partial charge in [0.05, 0.1) is 11.6 Å². The van der Waals surface area contributed by atoms with Crippen LogP contribution in [-0.2, 0) is 5.41 Å². The number of benzene rings is 6. The van der Waals surface area contributed by atoms with Crippen molar-refractivity contribution in [3.8, 4) is 85.5 Å². The normalized spacial score (nSPS) is 19.9. The Labute approximate surface area is 330 Å². The lowest BCUT2D eigenvalue weighted by atomic mass is 9.28. The molecule has 2 aromatic heterocycles. The molecular formula is C50H35N7. The molecule has 57 heavy (non-hydrogen) atoms. The molecule has 0 aliphatic heterocycles. The van der Waals surface area contributed by atoms with E-state index < -0.39 is 0 Å². The molecule has 8 aromatic rings. The second kappa shape index (κ2) is 13.2. The van der Waals surface area contributed by atoms with Crippen LogP contribution in [0.3, 0.4) is 0 Å². The van der Waals surface area contributed by atoms with Crippen molar-refractivity contribution in [1.82, 2.24) is 29.9 Å². The van der Waals surface area contributed by atoms with Crippen LogP contribution < -0.4 is 0 Å². The van der Waals surface area contributed by atoms with Crippen molar-refractivity contribution in [2.75, 3.05) is 0 Å². The van der Waals surface area contributed by atoms with E-state index in [1.807, 2.05) is 133 Å². The maximum Gasteiger partial charge on any atom is 0.164 e. The molecule has 2 unspecified atom stereocenters. The van der Waals surface area contributed by atoms with Gasteiger partial charge in [-0.1, -0.05) is 140 Å². The lowest BCUT2D eigenvalue weighted by molar-refractivity contribution is -0.219. The molecule has 0 N–H and O–H groups in total. The molecule has 3 fully saturated rings. The minimum absolute atomic E-state index is 0.413. The maximum absolute atomic E-state index is 9.42. The molecule has 0 bridgehead atoms. The molecule has 2 heterocycles. The van der Waals surface area contributed by atoms with Crippen LogP contribution in [-0.4, -0.2) is 29.9 Å². The van der Waals surface area contributed by atoms with Gasteiger partial charge < -0.3 is 0 Å². The van der Waals surface area contributed by atoms with Crippen LogP contribution >= 0.6 is 0 Å². The highest BCUT2D eigenvalue weighted by Crippen LogP contribution is 2.77. The van der Waals surface area contributed by atoms with E-state index in [-0.39, 0.29) is 0 Å². The Bertz CT molecular complexity index is 2840. The van der Waals surface area contributed by atoms with E-state index in [1.54, 1.807) is 0 Å². The molecule has 0 radical (unpaired) electrons. The summed E-state index contributed by atoms with van der Waals surface area (Å²) in [7, 11) is 0. The Hall–Kier alpha value is -7.17. The maximum atomic E-state index is 9.42. The number of hydrogen-bond acceptors (Lipinski definition) is 7. The SMILES string of the molecule is N#Cc1cccc(-c2ccc(-c3nc(-c4ccccc4)nc(-c4cccc(-c5nc(-c6ccccc6)nc(-c6ccc(C78CC9CC(C7)C98)cc6)n5)c4)n3)cc2)c1. The molecule has 0 saturated heterocycles.